The van der Waals surface area contributed by atoms with Crippen LogP contribution in [0.4, 0.5) is 0 Å². The van der Waals surface area contributed by atoms with Gasteiger partial charge in [-0.3, -0.25) is 4.79 Å². The van der Waals surface area contributed by atoms with Crippen LogP contribution in [0, 0.1) is 0 Å². The highest BCUT2D eigenvalue weighted by Gasteiger charge is 2.18. The summed E-state index contributed by atoms with van der Waals surface area (Å²) < 4.78 is 0. The molecule has 0 aliphatic carbocycles. The van der Waals surface area contributed by atoms with Crippen LogP contribution in [0.3, 0.4) is 0 Å². The lowest BCUT2D eigenvalue weighted by molar-refractivity contribution is 0.112. The van der Waals surface area contributed by atoms with Crippen molar-refractivity contribution in [3.63, 3.8) is 0 Å². The van der Waals surface area contributed by atoms with Gasteiger partial charge in [0, 0.05) is 12.1 Å². The Morgan fingerprint density at radius 2 is 2.33 bits per heavy atom. The highest BCUT2D eigenvalue weighted by Crippen LogP contribution is 2.28. The lowest BCUT2D eigenvalue weighted by Crippen LogP contribution is -2.28. The van der Waals surface area contributed by atoms with E-state index in [1.165, 1.54) is 0 Å². The molecule has 0 radical (unpaired) electrons. The van der Waals surface area contributed by atoms with E-state index in [1.54, 1.807) is 18.2 Å². The highest BCUT2D eigenvalue weighted by atomic mass is 16.3. The Morgan fingerprint density at radius 3 is 3.00 bits per heavy atom. The Hall–Kier alpha value is -1.35. The monoisotopic (exact) mass is 205 g/mol. The maximum absolute atomic E-state index is 10.9. The van der Waals surface area contributed by atoms with Gasteiger partial charge in [0.1, 0.15) is 12.0 Å². The van der Waals surface area contributed by atoms with Crippen molar-refractivity contribution in [1.29, 1.82) is 0 Å². The van der Waals surface area contributed by atoms with Crippen molar-refractivity contribution < 1.29 is 9.90 Å². The molecule has 80 valence electrons. The maximum atomic E-state index is 10.9. The van der Waals surface area contributed by atoms with Crippen LogP contribution in [0.1, 0.15) is 34.7 Å². The van der Waals surface area contributed by atoms with Crippen LogP contribution >= 0.6 is 0 Å². The quantitative estimate of drug-likeness (QED) is 0.722. The van der Waals surface area contributed by atoms with E-state index >= 15 is 0 Å². The first-order valence-corrected chi connectivity index (χ1v) is 5.30. The summed E-state index contributed by atoms with van der Waals surface area (Å²) in [6.45, 7) is 1.94. The zero-order valence-corrected chi connectivity index (χ0v) is 8.57. The summed E-state index contributed by atoms with van der Waals surface area (Å²) in [5.74, 6) is 0.590. The number of aromatic hydroxyl groups is 1. The number of nitrogens with one attached hydrogen (secondary N) is 1. The molecule has 1 aromatic rings. The fraction of sp³-hybridized carbons (Fsp3) is 0.417. The second kappa shape index (κ2) is 4.45. The molecule has 1 aliphatic rings. The SMILES string of the molecule is O=Cc1ccc(O)cc1C1CCCNC1. The van der Waals surface area contributed by atoms with E-state index in [4.69, 9.17) is 0 Å². The molecule has 0 spiro atoms. The lowest BCUT2D eigenvalue weighted by atomic mass is 9.88. The predicted molar refractivity (Wildman–Crippen MR) is 58.3 cm³/mol. The number of rotatable bonds is 2. The zero-order valence-electron chi connectivity index (χ0n) is 8.57. The molecule has 0 bridgehead atoms. The molecule has 1 aromatic carbocycles. The van der Waals surface area contributed by atoms with Gasteiger partial charge in [-0.05, 0) is 49.1 Å². The first-order chi connectivity index (χ1) is 7.31. The molecule has 3 nitrogen and oxygen atoms in total. The van der Waals surface area contributed by atoms with Gasteiger partial charge in [0.2, 0.25) is 0 Å². The molecular weight excluding hydrogens is 190 g/mol. The molecular formula is C12H15NO2. The molecule has 3 heteroatoms. The van der Waals surface area contributed by atoms with Gasteiger partial charge in [-0.1, -0.05) is 0 Å². The topological polar surface area (TPSA) is 49.3 Å². The molecule has 1 atom stereocenters. The summed E-state index contributed by atoms with van der Waals surface area (Å²) in [4.78, 5) is 10.9. The van der Waals surface area contributed by atoms with Crippen LogP contribution in [0.2, 0.25) is 0 Å². The predicted octanol–water partition coefficient (Wildman–Crippen LogP) is 1.67. The first kappa shape index (κ1) is 10.2. The van der Waals surface area contributed by atoms with Crippen molar-refractivity contribution in [2.45, 2.75) is 18.8 Å². The van der Waals surface area contributed by atoms with E-state index in [2.05, 4.69) is 5.32 Å². The van der Waals surface area contributed by atoms with Gasteiger partial charge in [0.05, 0.1) is 0 Å². The van der Waals surface area contributed by atoms with Crippen LogP contribution in [-0.4, -0.2) is 24.5 Å². The van der Waals surface area contributed by atoms with E-state index in [0.29, 0.717) is 11.5 Å². The fourth-order valence-electron chi connectivity index (χ4n) is 2.14. The summed E-state index contributed by atoms with van der Waals surface area (Å²) in [7, 11) is 0. The molecule has 15 heavy (non-hydrogen) atoms. The summed E-state index contributed by atoms with van der Waals surface area (Å²) >= 11 is 0. The minimum atomic E-state index is 0.237. The van der Waals surface area contributed by atoms with E-state index in [9.17, 15) is 9.90 Å². The van der Waals surface area contributed by atoms with Crippen LogP contribution in [0.15, 0.2) is 18.2 Å². The Morgan fingerprint density at radius 1 is 1.47 bits per heavy atom. The van der Waals surface area contributed by atoms with Crippen molar-refractivity contribution >= 4 is 6.29 Å². The molecule has 2 rings (SSSR count). The lowest BCUT2D eigenvalue weighted by Gasteiger charge is -2.24. The van der Waals surface area contributed by atoms with Gasteiger partial charge in [0.15, 0.2) is 0 Å². The van der Waals surface area contributed by atoms with Crippen molar-refractivity contribution in [3.05, 3.63) is 29.3 Å². The first-order valence-electron chi connectivity index (χ1n) is 5.30. The van der Waals surface area contributed by atoms with E-state index in [0.717, 1.165) is 37.8 Å². The van der Waals surface area contributed by atoms with Gasteiger partial charge in [0.25, 0.3) is 0 Å². The maximum Gasteiger partial charge on any atom is 0.150 e. The molecule has 1 heterocycles. The van der Waals surface area contributed by atoms with E-state index < -0.39 is 0 Å². The molecule has 1 aliphatic heterocycles. The normalized spacial score (nSPS) is 21.2. The average Bonchev–Trinajstić information content (AvgIpc) is 2.30. The Bertz CT molecular complexity index is 357. The highest BCUT2D eigenvalue weighted by molar-refractivity contribution is 5.78. The number of phenols is 1. The third kappa shape index (κ3) is 2.18. The van der Waals surface area contributed by atoms with Gasteiger partial charge in [-0.25, -0.2) is 0 Å². The minimum absolute atomic E-state index is 0.237. The second-order valence-electron chi connectivity index (χ2n) is 3.97. The van der Waals surface area contributed by atoms with Gasteiger partial charge < -0.3 is 10.4 Å². The average molecular weight is 205 g/mol. The van der Waals surface area contributed by atoms with Gasteiger partial charge >= 0.3 is 0 Å². The van der Waals surface area contributed by atoms with Gasteiger partial charge in [-0.15, -0.1) is 0 Å². The van der Waals surface area contributed by atoms with Crippen LogP contribution in [-0.2, 0) is 0 Å². The van der Waals surface area contributed by atoms with Crippen molar-refractivity contribution in [3.8, 4) is 5.75 Å². The summed E-state index contributed by atoms with van der Waals surface area (Å²) in [5.41, 5.74) is 1.67. The molecule has 0 saturated carbocycles. The molecule has 1 fully saturated rings. The number of carbonyl (C=O) groups excluding carboxylic acids is 1. The zero-order chi connectivity index (χ0) is 10.7. The summed E-state index contributed by atoms with van der Waals surface area (Å²) in [6.07, 6.45) is 3.07. The minimum Gasteiger partial charge on any atom is -0.508 e. The van der Waals surface area contributed by atoms with Crippen molar-refractivity contribution in [2.75, 3.05) is 13.1 Å². The second-order valence-corrected chi connectivity index (χ2v) is 3.97. The number of carbonyl (C=O) groups is 1. The number of piperidine rings is 1. The molecule has 1 saturated heterocycles. The summed E-state index contributed by atoms with van der Waals surface area (Å²) in [6, 6.07) is 4.96. The smallest absolute Gasteiger partial charge is 0.150 e. The standard InChI is InChI=1S/C12H15NO2/c14-8-10-3-4-11(15)6-12(10)9-2-1-5-13-7-9/h3-4,6,8-9,13,15H,1-2,5,7H2. The van der Waals surface area contributed by atoms with Crippen molar-refractivity contribution in [2.24, 2.45) is 0 Å². The van der Waals surface area contributed by atoms with E-state index in [-0.39, 0.29) is 5.75 Å². The third-order valence-corrected chi connectivity index (χ3v) is 2.93. The number of hydrogen-bond acceptors (Lipinski definition) is 3. The Labute approximate surface area is 89.1 Å². The fourth-order valence-corrected chi connectivity index (χ4v) is 2.14. The largest absolute Gasteiger partial charge is 0.508 e. The molecule has 1 unspecified atom stereocenters. The number of phenolic OH excluding ortho intramolecular Hbond substituents is 1. The molecule has 0 aromatic heterocycles. The van der Waals surface area contributed by atoms with Crippen LogP contribution < -0.4 is 5.32 Å². The molecule has 2 N–H and O–H groups in total. The van der Waals surface area contributed by atoms with Crippen LogP contribution in [0.25, 0.3) is 0 Å². The number of aldehydes is 1. The van der Waals surface area contributed by atoms with Crippen LogP contribution in [0.5, 0.6) is 5.75 Å². The molecule has 0 amide bonds. The Kier molecular flexibility index (Phi) is 3.02. The van der Waals surface area contributed by atoms with E-state index in [1.807, 2.05) is 0 Å². The summed E-state index contributed by atoms with van der Waals surface area (Å²) in [5, 5.41) is 12.7. The Balaban J connectivity index is 2.31. The number of benzene rings is 1. The number of hydrogen-bond donors (Lipinski definition) is 2. The van der Waals surface area contributed by atoms with Gasteiger partial charge in [-0.2, -0.15) is 0 Å². The third-order valence-electron chi connectivity index (χ3n) is 2.93. The van der Waals surface area contributed by atoms with Crippen molar-refractivity contribution in [1.82, 2.24) is 5.32 Å².